The highest BCUT2D eigenvalue weighted by Crippen LogP contribution is 2.55. The van der Waals surface area contributed by atoms with Gasteiger partial charge in [0, 0.05) is 25.7 Å². The Bertz CT molecular complexity index is 871. The first-order valence-electron chi connectivity index (χ1n) is 19.4. The van der Waals surface area contributed by atoms with Gasteiger partial charge in [0.15, 0.2) is 5.79 Å². The predicted octanol–water partition coefficient (Wildman–Crippen LogP) is 10.5. The maximum Gasteiger partial charge on any atom is 0.325 e. The van der Waals surface area contributed by atoms with Gasteiger partial charge in [0.05, 0.1) is 29.7 Å². The molecule has 0 aromatic carbocycles. The van der Waals surface area contributed by atoms with E-state index >= 15 is 0 Å². The van der Waals surface area contributed by atoms with Crippen LogP contribution < -0.4 is 0 Å². The number of hydrogen-bond acceptors (Lipinski definition) is 7. The fraction of sp³-hybridized carbons (Fsp3) is 0.949. The molecular formula is C39H73NO6. The minimum atomic E-state index is -0.791. The first kappa shape index (κ1) is 41.0. The maximum atomic E-state index is 13.3. The van der Waals surface area contributed by atoms with Gasteiger partial charge in [-0.3, -0.25) is 9.59 Å². The van der Waals surface area contributed by atoms with Gasteiger partial charge < -0.3 is 19.0 Å². The molecule has 3 atom stereocenters. The summed E-state index contributed by atoms with van der Waals surface area (Å²) in [5, 5.41) is 2.04. The number of nitrogens with zero attached hydrogens (tertiary/aromatic N) is 1. The summed E-state index contributed by atoms with van der Waals surface area (Å²) in [4.78, 5) is 31.2. The highest BCUT2D eigenvalue weighted by Gasteiger charge is 2.64. The van der Waals surface area contributed by atoms with Crippen LogP contribution >= 0.6 is 0 Å². The Kier molecular flexibility index (Phi) is 18.1. The number of piperidine rings is 1. The van der Waals surface area contributed by atoms with E-state index in [9.17, 15) is 9.59 Å². The van der Waals surface area contributed by atoms with Crippen LogP contribution in [0.25, 0.3) is 0 Å². The Morgan fingerprint density at radius 2 is 1.24 bits per heavy atom. The molecule has 0 aromatic rings. The SMILES string of the molecule is CCCCCCCCCCCCCCCCCC(=O)ON1C(C)(CC)CC2(OCC(CC)(COC(C)=O)CO2)C(C)C1(C)CCC. The van der Waals surface area contributed by atoms with E-state index in [1.54, 1.807) is 0 Å². The third-order valence-electron chi connectivity index (χ3n) is 11.4. The zero-order chi connectivity index (χ0) is 34.1. The number of hydrogen-bond donors (Lipinski definition) is 0. The van der Waals surface area contributed by atoms with Crippen molar-refractivity contribution < 1.29 is 28.6 Å². The van der Waals surface area contributed by atoms with Gasteiger partial charge in [0.2, 0.25) is 0 Å². The topological polar surface area (TPSA) is 74.3 Å². The molecule has 2 fully saturated rings. The molecule has 0 radical (unpaired) electrons. The third-order valence-corrected chi connectivity index (χ3v) is 11.4. The van der Waals surface area contributed by atoms with Crippen LogP contribution in [-0.2, 0) is 28.6 Å². The Morgan fingerprint density at radius 3 is 1.67 bits per heavy atom. The Labute approximate surface area is 283 Å². The van der Waals surface area contributed by atoms with Crippen LogP contribution in [0.2, 0.25) is 0 Å². The van der Waals surface area contributed by atoms with Gasteiger partial charge in [-0.05, 0) is 39.5 Å². The number of rotatable bonds is 23. The van der Waals surface area contributed by atoms with Crippen LogP contribution in [0.15, 0.2) is 0 Å². The normalized spacial score (nSPS) is 30.0. The van der Waals surface area contributed by atoms with E-state index in [1.807, 2.05) is 5.06 Å². The van der Waals surface area contributed by atoms with E-state index in [2.05, 4.69) is 48.5 Å². The van der Waals surface area contributed by atoms with E-state index in [-0.39, 0.29) is 23.3 Å². The molecule has 270 valence electrons. The van der Waals surface area contributed by atoms with Crippen LogP contribution in [-0.4, -0.2) is 53.7 Å². The number of carbonyl (C=O) groups excluding carboxylic acids is 2. The molecule has 0 saturated carbocycles. The number of ether oxygens (including phenoxy) is 3. The fourth-order valence-electron chi connectivity index (χ4n) is 7.75. The number of unbranched alkanes of at least 4 members (excludes halogenated alkanes) is 14. The average molecular weight is 652 g/mol. The Hall–Kier alpha value is -1.18. The van der Waals surface area contributed by atoms with Gasteiger partial charge in [0.1, 0.15) is 6.61 Å². The van der Waals surface area contributed by atoms with Crippen molar-refractivity contribution in [2.24, 2.45) is 11.3 Å². The molecule has 2 aliphatic rings. The van der Waals surface area contributed by atoms with Crippen molar-refractivity contribution >= 4 is 11.9 Å². The van der Waals surface area contributed by atoms with Crippen LogP contribution in [0.3, 0.4) is 0 Å². The standard InChI is InChI=1S/C39H73NO6/c1-9-13-14-15-16-17-18-19-20-21-22-23-24-25-26-27-35(42)46-40-36(7,11-3)29-39(33(5)37(40,8)28-10-2)44-31-38(12-4,32-45-39)30-43-34(6)41/h33H,9-32H2,1-8H3. The smallest absolute Gasteiger partial charge is 0.325 e. The summed E-state index contributed by atoms with van der Waals surface area (Å²) in [7, 11) is 0. The number of carbonyl (C=O) groups is 2. The van der Waals surface area contributed by atoms with Crippen LogP contribution in [0.5, 0.6) is 0 Å². The Balaban J connectivity index is 1.84. The van der Waals surface area contributed by atoms with Crippen molar-refractivity contribution in [1.29, 1.82) is 0 Å². The zero-order valence-electron chi connectivity index (χ0n) is 31.4. The molecule has 0 N–H and O–H groups in total. The molecule has 0 amide bonds. The Morgan fingerprint density at radius 1 is 0.739 bits per heavy atom. The molecule has 1 spiro atoms. The lowest BCUT2D eigenvalue weighted by Crippen LogP contribution is -2.74. The molecule has 3 unspecified atom stereocenters. The van der Waals surface area contributed by atoms with E-state index < -0.39 is 16.9 Å². The van der Waals surface area contributed by atoms with Gasteiger partial charge in [-0.25, -0.2) is 0 Å². The quantitative estimate of drug-likeness (QED) is 0.0804. The molecule has 7 heteroatoms. The first-order chi connectivity index (χ1) is 22.0. The summed E-state index contributed by atoms with van der Waals surface area (Å²) in [5.41, 5.74) is -1.24. The predicted molar refractivity (Wildman–Crippen MR) is 187 cm³/mol. The minimum Gasteiger partial charge on any atom is -0.465 e. The van der Waals surface area contributed by atoms with E-state index in [0.717, 1.165) is 38.5 Å². The molecule has 0 aliphatic carbocycles. The van der Waals surface area contributed by atoms with E-state index in [0.29, 0.717) is 32.7 Å². The largest absolute Gasteiger partial charge is 0.465 e. The molecule has 2 rings (SSSR count). The van der Waals surface area contributed by atoms with E-state index in [4.69, 9.17) is 19.0 Å². The summed E-state index contributed by atoms with van der Waals surface area (Å²) >= 11 is 0. The lowest BCUT2D eigenvalue weighted by atomic mass is 9.66. The lowest BCUT2D eigenvalue weighted by molar-refractivity contribution is -0.403. The second-order valence-corrected chi connectivity index (χ2v) is 15.3. The molecule has 2 aliphatic heterocycles. The first-order valence-corrected chi connectivity index (χ1v) is 19.4. The molecule has 0 aromatic heterocycles. The van der Waals surface area contributed by atoms with Crippen LogP contribution in [0.4, 0.5) is 0 Å². The number of hydroxylamine groups is 2. The van der Waals surface area contributed by atoms with Crippen molar-refractivity contribution in [1.82, 2.24) is 5.06 Å². The van der Waals surface area contributed by atoms with Crippen molar-refractivity contribution in [2.45, 2.75) is 207 Å². The number of esters is 1. The summed E-state index contributed by atoms with van der Waals surface area (Å²) < 4.78 is 18.9. The summed E-state index contributed by atoms with van der Waals surface area (Å²) in [6, 6.07) is 0. The summed E-state index contributed by atoms with van der Waals surface area (Å²) in [5.74, 6) is -1.24. The second-order valence-electron chi connectivity index (χ2n) is 15.3. The molecule has 7 nitrogen and oxygen atoms in total. The van der Waals surface area contributed by atoms with Gasteiger partial charge in [-0.15, -0.1) is 5.06 Å². The minimum absolute atomic E-state index is 0.0400. The van der Waals surface area contributed by atoms with Crippen LogP contribution in [0.1, 0.15) is 190 Å². The van der Waals surface area contributed by atoms with Crippen molar-refractivity contribution in [3.63, 3.8) is 0 Å². The van der Waals surface area contributed by atoms with Gasteiger partial charge >= 0.3 is 11.9 Å². The van der Waals surface area contributed by atoms with Crippen molar-refractivity contribution in [2.75, 3.05) is 19.8 Å². The molecule has 0 bridgehead atoms. The van der Waals surface area contributed by atoms with Crippen LogP contribution in [0, 0.1) is 11.3 Å². The molecule has 46 heavy (non-hydrogen) atoms. The maximum absolute atomic E-state index is 13.3. The molecule has 2 heterocycles. The van der Waals surface area contributed by atoms with Gasteiger partial charge in [-0.1, -0.05) is 131 Å². The highest BCUT2D eigenvalue weighted by molar-refractivity contribution is 5.69. The molecular weight excluding hydrogens is 578 g/mol. The lowest BCUT2D eigenvalue weighted by Gasteiger charge is -2.63. The van der Waals surface area contributed by atoms with E-state index in [1.165, 1.54) is 90.4 Å². The zero-order valence-corrected chi connectivity index (χ0v) is 31.4. The summed E-state index contributed by atoms with van der Waals surface area (Å²) in [6.07, 6.45) is 24.1. The average Bonchev–Trinajstić information content (AvgIpc) is 3.04. The van der Waals surface area contributed by atoms with Crippen molar-refractivity contribution in [3.05, 3.63) is 0 Å². The summed E-state index contributed by atoms with van der Waals surface area (Å²) in [6.45, 7) is 18.0. The second kappa shape index (κ2) is 20.4. The molecule has 2 saturated heterocycles. The highest BCUT2D eigenvalue weighted by atomic mass is 16.7. The fourth-order valence-corrected chi connectivity index (χ4v) is 7.75. The third kappa shape index (κ3) is 11.8. The van der Waals surface area contributed by atoms with Crippen molar-refractivity contribution in [3.8, 4) is 0 Å². The van der Waals surface area contributed by atoms with Gasteiger partial charge in [0.25, 0.3) is 0 Å². The monoisotopic (exact) mass is 652 g/mol. The van der Waals surface area contributed by atoms with Gasteiger partial charge in [-0.2, -0.15) is 0 Å².